The molecule has 1 atom stereocenters. The summed E-state index contributed by atoms with van der Waals surface area (Å²) in [7, 11) is 0. The van der Waals surface area contributed by atoms with Crippen LogP contribution >= 0.6 is 0 Å². The van der Waals surface area contributed by atoms with E-state index >= 15 is 0 Å². The first-order valence-corrected chi connectivity index (χ1v) is 6.99. The van der Waals surface area contributed by atoms with Crippen molar-refractivity contribution in [1.82, 2.24) is 10.3 Å². The van der Waals surface area contributed by atoms with E-state index in [4.69, 9.17) is 0 Å². The summed E-state index contributed by atoms with van der Waals surface area (Å²) in [4.78, 5) is 16.5. The Balaban J connectivity index is 2.13. The molecule has 106 valence electrons. The normalized spacial score (nSPS) is 12.3. The molecular weight excluding hydrogens is 250 g/mol. The van der Waals surface area contributed by atoms with Crippen LogP contribution in [0, 0.1) is 6.92 Å². The number of aryl methyl sites for hydroxylation is 1. The summed E-state index contributed by atoms with van der Waals surface area (Å²) in [6.45, 7) is 6.42. The smallest absolute Gasteiger partial charge is 0.238 e. The molecule has 0 radical (unpaired) electrons. The second-order valence-electron chi connectivity index (χ2n) is 5.07. The largest absolute Gasteiger partial charge is 0.323 e. The Labute approximate surface area is 119 Å². The predicted molar refractivity (Wildman–Crippen MR) is 82.9 cm³/mol. The Morgan fingerprint density at radius 1 is 1.30 bits per heavy atom. The summed E-state index contributed by atoms with van der Waals surface area (Å²) in [6.07, 6.45) is 1.00. The maximum Gasteiger partial charge on any atom is 0.238 e. The van der Waals surface area contributed by atoms with Crippen molar-refractivity contribution in [3.05, 3.63) is 36.0 Å². The molecule has 0 fully saturated rings. The molecule has 1 aromatic carbocycles. The number of hydrogen-bond donors (Lipinski definition) is 2. The Morgan fingerprint density at radius 2 is 2.10 bits per heavy atom. The number of benzene rings is 1. The topological polar surface area (TPSA) is 54.0 Å². The zero-order valence-corrected chi connectivity index (χ0v) is 12.2. The van der Waals surface area contributed by atoms with Gasteiger partial charge in [0.05, 0.1) is 17.7 Å². The molecule has 4 nitrogen and oxygen atoms in total. The minimum absolute atomic E-state index is 0.0406. The molecular formula is C16H21N3O. The van der Waals surface area contributed by atoms with E-state index in [1.807, 2.05) is 37.3 Å². The fraction of sp³-hybridized carbons (Fsp3) is 0.375. The lowest BCUT2D eigenvalue weighted by Gasteiger charge is -2.12. The quantitative estimate of drug-likeness (QED) is 0.879. The molecule has 0 saturated heterocycles. The van der Waals surface area contributed by atoms with E-state index in [2.05, 4.69) is 29.5 Å². The van der Waals surface area contributed by atoms with Crippen molar-refractivity contribution < 1.29 is 4.79 Å². The van der Waals surface area contributed by atoms with E-state index < -0.39 is 0 Å². The third-order valence-electron chi connectivity index (χ3n) is 3.36. The average Bonchev–Trinajstić information content (AvgIpc) is 2.45. The fourth-order valence-corrected chi connectivity index (χ4v) is 1.95. The van der Waals surface area contributed by atoms with Gasteiger partial charge < -0.3 is 10.6 Å². The number of nitrogens with one attached hydrogen (secondary N) is 2. The van der Waals surface area contributed by atoms with Crippen LogP contribution in [0.4, 0.5) is 5.69 Å². The molecule has 1 aromatic heterocycles. The average molecular weight is 271 g/mol. The second-order valence-corrected chi connectivity index (χ2v) is 5.07. The Hall–Kier alpha value is -1.94. The van der Waals surface area contributed by atoms with E-state index in [-0.39, 0.29) is 5.91 Å². The standard InChI is InChI=1S/C16H21N3O/c1-4-11(2)17-10-15(20)19-14-7-5-6-13-9-8-12(3)18-16(13)14/h5-9,11,17H,4,10H2,1-3H3,(H,19,20). The lowest BCUT2D eigenvalue weighted by Crippen LogP contribution is -2.34. The van der Waals surface area contributed by atoms with Crippen LogP contribution in [-0.2, 0) is 4.79 Å². The van der Waals surface area contributed by atoms with Crippen LogP contribution in [0.15, 0.2) is 30.3 Å². The fourth-order valence-electron chi connectivity index (χ4n) is 1.95. The second kappa shape index (κ2) is 6.48. The highest BCUT2D eigenvalue weighted by atomic mass is 16.1. The molecule has 2 aromatic rings. The lowest BCUT2D eigenvalue weighted by molar-refractivity contribution is -0.115. The Bertz CT molecular complexity index is 610. The number of anilines is 1. The number of aromatic nitrogens is 1. The first-order chi connectivity index (χ1) is 9.60. The van der Waals surface area contributed by atoms with Crippen LogP contribution in [-0.4, -0.2) is 23.5 Å². The third-order valence-corrected chi connectivity index (χ3v) is 3.36. The molecule has 0 aliphatic heterocycles. The molecule has 2 rings (SSSR count). The van der Waals surface area contributed by atoms with Crippen molar-refractivity contribution in [3.8, 4) is 0 Å². The highest BCUT2D eigenvalue weighted by Crippen LogP contribution is 2.21. The lowest BCUT2D eigenvalue weighted by atomic mass is 10.1. The molecule has 2 N–H and O–H groups in total. The van der Waals surface area contributed by atoms with Crippen LogP contribution in [0.5, 0.6) is 0 Å². The van der Waals surface area contributed by atoms with E-state index in [0.717, 1.165) is 28.7 Å². The number of para-hydroxylation sites is 1. The highest BCUT2D eigenvalue weighted by Gasteiger charge is 2.08. The summed E-state index contributed by atoms with van der Waals surface area (Å²) in [5, 5.41) is 7.14. The van der Waals surface area contributed by atoms with Crippen LogP contribution in [0.3, 0.4) is 0 Å². The van der Waals surface area contributed by atoms with Crippen molar-refractivity contribution in [2.75, 3.05) is 11.9 Å². The molecule has 1 heterocycles. The van der Waals surface area contributed by atoms with Crippen LogP contribution < -0.4 is 10.6 Å². The van der Waals surface area contributed by atoms with Gasteiger partial charge in [0.15, 0.2) is 0 Å². The van der Waals surface area contributed by atoms with Crippen LogP contribution in [0.25, 0.3) is 10.9 Å². The molecule has 20 heavy (non-hydrogen) atoms. The van der Waals surface area contributed by atoms with Gasteiger partial charge in [-0.1, -0.05) is 25.1 Å². The maximum atomic E-state index is 12.0. The van der Waals surface area contributed by atoms with Crippen molar-refractivity contribution >= 4 is 22.5 Å². The summed E-state index contributed by atoms with van der Waals surface area (Å²) in [6, 6.07) is 10.1. The molecule has 0 saturated carbocycles. The van der Waals surface area contributed by atoms with Crippen molar-refractivity contribution in [1.29, 1.82) is 0 Å². The maximum absolute atomic E-state index is 12.0. The van der Waals surface area contributed by atoms with Gasteiger partial charge in [-0.05, 0) is 32.4 Å². The van der Waals surface area contributed by atoms with Gasteiger partial charge in [-0.2, -0.15) is 0 Å². The first kappa shape index (κ1) is 14.5. The Morgan fingerprint density at radius 3 is 2.85 bits per heavy atom. The molecule has 0 spiro atoms. The minimum atomic E-state index is -0.0406. The third kappa shape index (κ3) is 3.54. The summed E-state index contributed by atoms with van der Waals surface area (Å²) in [5.41, 5.74) is 2.54. The van der Waals surface area contributed by atoms with Crippen LogP contribution in [0.2, 0.25) is 0 Å². The summed E-state index contributed by atoms with van der Waals surface area (Å²) >= 11 is 0. The number of rotatable bonds is 5. The van der Waals surface area contributed by atoms with Gasteiger partial charge in [-0.25, -0.2) is 0 Å². The molecule has 0 bridgehead atoms. The Kier molecular flexibility index (Phi) is 4.69. The monoisotopic (exact) mass is 271 g/mol. The summed E-state index contributed by atoms with van der Waals surface area (Å²) in [5.74, 6) is -0.0406. The minimum Gasteiger partial charge on any atom is -0.323 e. The van der Waals surface area contributed by atoms with Gasteiger partial charge in [0.25, 0.3) is 0 Å². The number of nitrogens with zero attached hydrogens (tertiary/aromatic N) is 1. The van der Waals surface area contributed by atoms with Gasteiger partial charge in [0.1, 0.15) is 0 Å². The van der Waals surface area contributed by atoms with Gasteiger partial charge in [0, 0.05) is 17.1 Å². The van der Waals surface area contributed by atoms with Gasteiger partial charge in [-0.15, -0.1) is 0 Å². The van der Waals surface area contributed by atoms with E-state index in [9.17, 15) is 4.79 Å². The number of carbonyl (C=O) groups excluding carboxylic acids is 1. The number of fused-ring (bicyclic) bond motifs is 1. The highest BCUT2D eigenvalue weighted by molar-refractivity contribution is 6.00. The molecule has 0 aliphatic carbocycles. The van der Waals surface area contributed by atoms with Gasteiger partial charge in [0.2, 0.25) is 5.91 Å². The van der Waals surface area contributed by atoms with Gasteiger partial charge >= 0.3 is 0 Å². The number of amides is 1. The SMILES string of the molecule is CCC(C)NCC(=O)Nc1cccc2ccc(C)nc12. The molecule has 1 amide bonds. The summed E-state index contributed by atoms with van der Waals surface area (Å²) < 4.78 is 0. The zero-order chi connectivity index (χ0) is 14.5. The van der Waals surface area contributed by atoms with Crippen molar-refractivity contribution in [2.45, 2.75) is 33.2 Å². The predicted octanol–water partition coefficient (Wildman–Crippen LogP) is 2.87. The van der Waals surface area contributed by atoms with Crippen molar-refractivity contribution in [2.24, 2.45) is 0 Å². The number of pyridine rings is 1. The van der Waals surface area contributed by atoms with Crippen molar-refractivity contribution in [3.63, 3.8) is 0 Å². The number of carbonyl (C=O) groups is 1. The van der Waals surface area contributed by atoms with E-state index in [0.29, 0.717) is 12.6 Å². The molecule has 0 aliphatic rings. The van der Waals surface area contributed by atoms with E-state index in [1.54, 1.807) is 0 Å². The molecule has 1 unspecified atom stereocenters. The molecule has 4 heteroatoms. The van der Waals surface area contributed by atoms with E-state index in [1.165, 1.54) is 0 Å². The van der Waals surface area contributed by atoms with Crippen LogP contribution in [0.1, 0.15) is 26.0 Å². The van der Waals surface area contributed by atoms with Gasteiger partial charge in [-0.3, -0.25) is 9.78 Å². The first-order valence-electron chi connectivity index (χ1n) is 6.99. The number of hydrogen-bond acceptors (Lipinski definition) is 3. The zero-order valence-electron chi connectivity index (χ0n) is 12.2.